The van der Waals surface area contributed by atoms with Crippen LogP contribution in [0.4, 0.5) is 0 Å². The number of carbonyl (C=O) groups excluding carboxylic acids is 1. The van der Waals surface area contributed by atoms with E-state index in [1.165, 1.54) is 25.0 Å². The minimum absolute atomic E-state index is 0.167. The maximum Gasteiger partial charge on any atom is 0.144 e. The fourth-order valence-electron chi connectivity index (χ4n) is 0. The summed E-state index contributed by atoms with van der Waals surface area (Å²) in [6, 6.07) is 0. The Morgan fingerprint density at radius 3 is 0.804 bits per heavy atom. The highest BCUT2D eigenvalue weighted by Gasteiger charge is 1.99. The second kappa shape index (κ2) is 67.1. The molecule has 0 aromatic rings. The summed E-state index contributed by atoms with van der Waals surface area (Å²) in [5.74, 6) is 5.53. The molecule has 0 unspecified atom stereocenters. The number of allylic oxidation sites excluding steroid dienone is 2. The molecule has 0 aromatic heterocycles. The van der Waals surface area contributed by atoms with E-state index in [9.17, 15) is 22.0 Å². The highest BCUT2D eigenvalue weighted by atomic mass is 32.2. The van der Waals surface area contributed by atoms with Gasteiger partial charge in [0.25, 0.3) is 0 Å². The molecule has 0 heterocycles. The number of ether oxygens (including phenoxy) is 1. The van der Waals surface area contributed by atoms with Gasteiger partial charge in [-0.2, -0.15) is 11.8 Å². The summed E-state index contributed by atoms with van der Waals surface area (Å²) in [6.45, 7) is 52.5. The summed E-state index contributed by atoms with van der Waals surface area (Å²) in [6.07, 6.45) is 9.68. The summed E-state index contributed by atoms with van der Waals surface area (Å²) < 4.78 is 43.3. The zero-order valence-corrected chi connectivity index (χ0v) is 50.3. The Morgan fingerprint density at radius 1 is 0.768 bits per heavy atom. The van der Waals surface area contributed by atoms with Crippen molar-refractivity contribution in [3.63, 3.8) is 0 Å². The fraction of sp³-hybridized carbons (Fsp3) is 0.881. The SMILES string of the molecule is CB(C)C.CC#CC.CC(C)(C)C.CC(C)=C(C)C.CC(C)=O.CN(C)C.COC.CP(C)(C)=O.CP(C)C.CS(C)(=O)=O.CS(C)=O.CSC.C[Si](C)(C)C. The van der Waals surface area contributed by atoms with E-state index in [0.29, 0.717) is 13.3 Å². The largest absolute Gasteiger partial charge is 0.388 e. The standard InChI is InChI=1S/C6H12.C5H12.C4H12Si.C4H6.C3H9B.C3H9N.C3H9OP.C3H6O.C3H9P.C2H6O2S.C2H6OS.C2H6O.C2H6S/c1-5(2)6(3)4;2*1-5(2,3)4;1-3-4-2;2*1-4(2)3;1-5(2,3)4;1-3(2)4;1-4(2)3;1-5(2,3)4;1-4(2)3;2*1-3-2/h1-4H3;2*1-4H3;1-2H3;2*1-3H3;1-3H3;1-2H3;1-3H3;1-2H3;1-2H3;2*1-2H3. The van der Waals surface area contributed by atoms with Gasteiger partial charge in [0.05, 0.1) is 7.14 Å². The summed E-state index contributed by atoms with van der Waals surface area (Å²) >= 11 is 1.75. The Kier molecular flexibility index (Phi) is 110. The lowest BCUT2D eigenvalue weighted by molar-refractivity contribution is -0.115. The van der Waals surface area contributed by atoms with Crippen LogP contribution < -0.4 is 0 Å². The molecule has 0 radical (unpaired) electrons. The van der Waals surface area contributed by atoms with Gasteiger partial charge in [0.2, 0.25) is 0 Å². The van der Waals surface area contributed by atoms with Crippen molar-refractivity contribution in [3.8, 4) is 11.8 Å². The van der Waals surface area contributed by atoms with Gasteiger partial charge in [-0.1, -0.05) is 85.5 Å². The van der Waals surface area contributed by atoms with Crippen LogP contribution in [0, 0.1) is 17.3 Å². The van der Waals surface area contributed by atoms with Crippen LogP contribution in [0.5, 0.6) is 0 Å². The molecule has 0 aromatic carbocycles. The van der Waals surface area contributed by atoms with Gasteiger partial charge in [0, 0.05) is 58.1 Å². The van der Waals surface area contributed by atoms with Crippen LogP contribution in [0.15, 0.2) is 11.1 Å². The van der Waals surface area contributed by atoms with Gasteiger partial charge >= 0.3 is 0 Å². The van der Waals surface area contributed by atoms with Crippen LogP contribution in [0.25, 0.3) is 0 Å². The fourth-order valence-corrected chi connectivity index (χ4v) is 0. The van der Waals surface area contributed by atoms with Crippen molar-refractivity contribution in [1.29, 1.82) is 0 Å². The number of hydrogen-bond acceptors (Lipinski definition) is 8. The van der Waals surface area contributed by atoms with Gasteiger partial charge in [0.1, 0.15) is 22.3 Å². The van der Waals surface area contributed by atoms with Crippen molar-refractivity contribution < 1.29 is 26.7 Å². The molecule has 14 heteroatoms. The monoisotopic (exact) mass is 920 g/mol. The minimum Gasteiger partial charge on any atom is -0.388 e. The third-order valence-corrected chi connectivity index (χ3v) is 1.25. The maximum atomic E-state index is 10.2. The molecule has 0 N–H and O–H groups in total. The molecule has 0 saturated carbocycles. The first-order chi connectivity index (χ1) is 24.0. The molecule has 0 aliphatic rings. The van der Waals surface area contributed by atoms with E-state index in [1.54, 1.807) is 58.5 Å². The molecule has 0 saturated heterocycles. The summed E-state index contributed by atoms with van der Waals surface area (Å²) in [7, 11) is 4.10. The van der Waals surface area contributed by atoms with Crippen molar-refractivity contribution in [2.45, 2.75) is 130 Å². The van der Waals surface area contributed by atoms with E-state index in [0.717, 1.165) is 19.2 Å². The van der Waals surface area contributed by atoms with Gasteiger partial charge in [-0.15, -0.1) is 19.8 Å². The number of Topliss-reactive ketones (excluding diaryl/α,β-unsaturated/α-hetero) is 1. The van der Waals surface area contributed by atoms with Gasteiger partial charge in [-0.05, 0) is 134 Å². The lowest BCUT2D eigenvalue weighted by atomic mass is 9.58. The third-order valence-electron chi connectivity index (χ3n) is 1.25. The van der Waals surface area contributed by atoms with Crippen molar-refractivity contribution in [2.24, 2.45) is 5.41 Å². The number of carbonyl (C=O) groups is 1. The number of methoxy groups -OCH3 is 1. The number of hydrogen-bond donors (Lipinski definition) is 0. The van der Waals surface area contributed by atoms with Crippen molar-refractivity contribution in [2.75, 3.05) is 113 Å². The van der Waals surface area contributed by atoms with E-state index in [-0.39, 0.29) is 5.78 Å². The number of ketones is 1. The van der Waals surface area contributed by atoms with Gasteiger partial charge in [-0.3, -0.25) is 4.21 Å². The van der Waals surface area contributed by atoms with Gasteiger partial charge in [0.15, 0.2) is 0 Å². The maximum absolute atomic E-state index is 10.2. The average Bonchev–Trinajstić information content (AvgIpc) is 2.79. The molecule has 0 spiro atoms. The van der Waals surface area contributed by atoms with Crippen LogP contribution in [0.1, 0.15) is 83.1 Å². The second-order valence-corrected chi connectivity index (χ2v) is 35.5. The lowest BCUT2D eigenvalue weighted by Crippen LogP contribution is -2.10. The number of nitrogens with zero attached hydrogens (tertiary/aromatic N) is 1. The van der Waals surface area contributed by atoms with Crippen LogP contribution >= 0.6 is 26.8 Å². The van der Waals surface area contributed by atoms with Crippen molar-refractivity contribution >= 4 is 68.0 Å². The molecule has 0 aliphatic heterocycles. The molecular weight excluding hydrogens is 812 g/mol. The van der Waals surface area contributed by atoms with Crippen LogP contribution in [0.2, 0.25) is 46.7 Å². The lowest BCUT2D eigenvalue weighted by Gasteiger charge is -2.05. The van der Waals surface area contributed by atoms with Crippen LogP contribution in [-0.4, -0.2) is 151 Å². The van der Waals surface area contributed by atoms with Crippen molar-refractivity contribution in [3.05, 3.63) is 11.1 Å². The normalized spacial score (nSPS) is 8.84. The Bertz CT molecular complexity index is 886. The molecule has 0 atom stereocenters. The second-order valence-electron chi connectivity index (χ2n) is 18.4. The molecule has 0 amide bonds. The molecular formula is C42H108BNO6P2S3Si. The smallest absolute Gasteiger partial charge is 0.144 e. The quantitative estimate of drug-likeness (QED) is 0.103. The van der Waals surface area contributed by atoms with E-state index in [1.807, 2.05) is 52.4 Å². The number of thioether (sulfide) groups is 1. The number of sulfone groups is 1. The Balaban J connectivity index is -0.0000000327. The predicted octanol–water partition coefficient (Wildman–Crippen LogP) is 13.0. The Morgan fingerprint density at radius 2 is 0.804 bits per heavy atom. The zero-order valence-electron chi connectivity index (χ0n) is 45.1. The Hall–Kier alpha value is 0.282. The molecule has 7 nitrogen and oxygen atoms in total. The van der Waals surface area contributed by atoms with E-state index >= 15 is 0 Å². The van der Waals surface area contributed by atoms with Crippen molar-refractivity contribution in [1.82, 2.24) is 4.90 Å². The number of rotatable bonds is 0. The first kappa shape index (κ1) is 91.8. The topological polar surface area (TPSA) is 97.8 Å². The molecule has 0 fully saturated rings. The molecule has 0 bridgehead atoms. The highest BCUT2D eigenvalue weighted by Crippen LogP contribution is 2.28. The molecule has 352 valence electrons. The summed E-state index contributed by atoms with van der Waals surface area (Å²) in [4.78, 5) is 11.4. The average molecular weight is 920 g/mol. The van der Waals surface area contributed by atoms with Gasteiger partial charge < -0.3 is 19.0 Å². The Labute approximate surface area is 368 Å². The minimum atomic E-state index is -2.67. The van der Waals surface area contributed by atoms with E-state index in [2.05, 4.69) is 139 Å². The van der Waals surface area contributed by atoms with Crippen LogP contribution in [0.3, 0.4) is 0 Å². The van der Waals surface area contributed by atoms with Crippen LogP contribution in [-0.2, 0) is 34.7 Å². The summed E-state index contributed by atoms with van der Waals surface area (Å²) in [5, 5.41) is 0. The molecule has 0 rings (SSSR count). The zero-order chi connectivity index (χ0) is 49.9. The molecule has 56 heavy (non-hydrogen) atoms. The molecule has 0 aliphatic carbocycles. The highest BCUT2D eigenvalue weighted by molar-refractivity contribution is 7.97. The van der Waals surface area contributed by atoms with E-state index in [4.69, 9.17) is 0 Å². The van der Waals surface area contributed by atoms with E-state index < -0.39 is 35.9 Å². The third kappa shape index (κ3) is 5520. The first-order valence-electron chi connectivity index (χ1n) is 18.4. The predicted molar refractivity (Wildman–Crippen MR) is 286 cm³/mol. The summed E-state index contributed by atoms with van der Waals surface area (Å²) in [5.41, 5.74) is 3.35. The first-order valence-corrected chi connectivity index (χ1v) is 34.0. The van der Waals surface area contributed by atoms with Gasteiger partial charge in [-0.25, -0.2) is 8.42 Å².